The average Bonchev–Trinajstić information content (AvgIpc) is 2.74. The lowest BCUT2D eigenvalue weighted by Crippen LogP contribution is -2.61. The SMILES string of the molecule is CC(C)(C)c1ccc(N2c3cc4c(cc3B3c5c2cc(N(c2ccccc2)c2ccccc2)cc5N(c2ccc(C(C)(C)C)cc2-c2ccccc2)c2sc5cc6c(cc5c23)C(C)(C)CCC6(C)C)C(C)(C)CCC4(C)C)cc1. The summed E-state index contributed by atoms with van der Waals surface area (Å²) in [7, 11) is 0. The summed E-state index contributed by atoms with van der Waals surface area (Å²) in [6.45, 7) is 33.9. The predicted octanol–water partition coefficient (Wildman–Crippen LogP) is 19.4. The Morgan fingerprint density at radius 1 is 0.430 bits per heavy atom. The van der Waals surface area contributed by atoms with Gasteiger partial charge in [-0.05, 0) is 198 Å². The lowest BCUT2D eigenvalue weighted by atomic mass is 9.33. The van der Waals surface area contributed by atoms with Crippen LogP contribution in [-0.2, 0) is 32.5 Å². The van der Waals surface area contributed by atoms with Gasteiger partial charge in [0.1, 0.15) is 0 Å². The van der Waals surface area contributed by atoms with E-state index in [9.17, 15) is 0 Å². The van der Waals surface area contributed by atoms with Crippen LogP contribution in [0.25, 0.3) is 21.2 Å². The third-order valence-corrected chi connectivity index (χ3v) is 20.2. The quantitative estimate of drug-likeness (QED) is 0.154. The first kappa shape index (κ1) is 51.6. The molecule has 13 rings (SSSR count). The molecule has 0 fully saturated rings. The van der Waals surface area contributed by atoms with Crippen LogP contribution in [0.4, 0.5) is 50.5 Å². The molecule has 5 heteroatoms. The molecule has 0 atom stereocenters. The van der Waals surface area contributed by atoms with Crippen LogP contribution in [0.1, 0.15) is 156 Å². The zero-order valence-electron chi connectivity index (χ0n) is 49.3. The molecule has 0 spiro atoms. The second kappa shape index (κ2) is 17.8. The number of hydrogen-bond acceptors (Lipinski definition) is 4. The fourth-order valence-electron chi connectivity index (χ4n) is 14.0. The van der Waals surface area contributed by atoms with Gasteiger partial charge in [0, 0.05) is 44.4 Å². The van der Waals surface area contributed by atoms with Crippen molar-refractivity contribution in [3.63, 3.8) is 0 Å². The highest BCUT2D eigenvalue weighted by Gasteiger charge is 2.49. The van der Waals surface area contributed by atoms with E-state index in [-0.39, 0.29) is 39.2 Å². The van der Waals surface area contributed by atoms with E-state index in [2.05, 4.69) is 281 Å². The first-order chi connectivity index (χ1) is 37.4. The lowest BCUT2D eigenvalue weighted by molar-refractivity contribution is 0.332. The fourth-order valence-corrected chi connectivity index (χ4v) is 15.3. The second-order valence-corrected chi connectivity index (χ2v) is 29.4. The summed E-state index contributed by atoms with van der Waals surface area (Å²) in [5, 5.41) is 2.71. The molecule has 0 radical (unpaired) electrons. The van der Waals surface area contributed by atoms with Crippen molar-refractivity contribution >= 4 is 95.0 Å². The van der Waals surface area contributed by atoms with Crippen molar-refractivity contribution in [2.45, 2.75) is 155 Å². The van der Waals surface area contributed by atoms with E-state index in [4.69, 9.17) is 0 Å². The number of hydrogen-bond donors (Lipinski definition) is 0. The third-order valence-electron chi connectivity index (χ3n) is 19.1. The van der Waals surface area contributed by atoms with Crippen molar-refractivity contribution in [1.29, 1.82) is 0 Å². The molecule has 8 aromatic carbocycles. The van der Waals surface area contributed by atoms with Crippen molar-refractivity contribution in [3.05, 3.63) is 203 Å². The van der Waals surface area contributed by atoms with Gasteiger partial charge in [0.25, 0.3) is 6.71 Å². The highest BCUT2D eigenvalue weighted by atomic mass is 32.1. The Labute approximate surface area is 476 Å². The van der Waals surface area contributed by atoms with E-state index in [1.54, 1.807) is 0 Å². The van der Waals surface area contributed by atoms with E-state index in [1.807, 2.05) is 11.3 Å². The maximum Gasteiger partial charge on any atom is 0.254 e. The first-order valence-electron chi connectivity index (χ1n) is 29.2. The number of rotatable bonds is 6. The molecule has 0 bridgehead atoms. The number of fused-ring (bicyclic) bond motifs is 8. The molecule has 9 aromatic rings. The highest BCUT2D eigenvalue weighted by molar-refractivity contribution is 7.26. The standard InChI is InChI=1S/C74H78BN3S/c1-69(2,3)48-30-33-52(34-31-48)77-62-45-58-57(72(9,10)37-38-73(58,11)12)44-60(62)75-66-55-43-56-59(74(13,14)39-36-71(56,7)8)46-65(55)79-68(66)78(61-35-32-49(70(4,5)6)40-54(61)47-24-18-15-19-25-47)64-42-53(41-63(77)67(64)75)76(50-26-20-16-21-27-50)51-28-22-17-23-29-51/h15-35,40-46H,36-39H2,1-14H3. The van der Waals surface area contributed by atoms with Crippen molar-refractivity contribution in [2.75, 3.05) is 14.7 Å². The number of benzene rings is 8. The van der Waals surface area contributed by atoms with Gasteiger partial charge < -0.3 is 14.7 Å². The molecule has 79 heavy (non-hydrogen) atoms. The van der Waals surface area contributed by atoms with Crippen LogP contribution in [0.2, 0.25) is 0 Å². The molecule has 0 saturated carbocycles. The van der Waals surface area contributed by atoms with E-state index < -0.39 is 0 Å². The van der Waals surface area contributed by atoms with Gasteiger partial charge in [-0.15, -0.1) is 11.3 Å². The number of thiophene rings is 1. The second-order valence-electron chi connectivity index (χ2n) is 28.4. The van der Waals surface area contributed by atoms with Crippen molar-refractivity contribution in [2.24, 2.45) is 0 Å². The van der Waals surface area contributed by atoms with Gasteiger partial charge in [0.05, 0.1) is 16.4 Å². The maximum absolute atomic E-state index is 2.73. The summed E-state index contributed by atoms with van der Waals surface area (Å²) in [6.07, 6.45) is 4.64. The summed E-state index contributed by atoms with van der Waals surface area (Å²) in [4.78, 5) is 7.89. The van der Waals surface area contributed by atoms with Gasteiger partial charge >= 0.3 is 0 Å². The molecule has 3 heterocycles. The summed E-state index contributed by atoms with van der Waals surface area (Å²) >= 11 is 2.01. The van der Waals surface area contributed by atoms with Crippen LogP contribution < -0.4 is 31.1 Å². The summed E-state index contributed by atoms with van der Waals surface area (Å²) in [6, 6.07) is 66.0. The highest BCUT2D eigenvalue weighted by Crippen LogP contribution is 2.56. The van der Waals surface area contributed by atoms with E-state index >= 15 is 0 Å². The minimum Gasteiger partial charge on any atom is -0.311 e. The molecule has 0 unspecified atom stereocenters. The van der Waals surface area contributed by atoms with Gasteiger partial charge in [-0.1, -0.05) is 188 Å². The zero-order valence-corrected chi connectivity index (χ0v) is 50.1. The van der Waals surface area contributed by atoms with Crippen LogP contribution >= 0.6 is 11.3 Å². The van der Waals surface area contributed by atoms with Gasteiger partial charge in [-0.2, -0.15) is 0 Å². The van der Waals surface area contributed by atoms with Crippen LogP contribution in [0.3, 0.4) is 0 Å². The molecule has 0 amide bonds. The van der Waals surface area contributed by atoms with E-state index in [0.717, 1.165) is 29.9 Å². The molecule has 2 aliphatic heterocycles. The minimum absolute atomic E-state index is 0.000453. The van der Waals surface area contributed by atoms with Crippen molar-refractivity contribution < 1.29 is 0 Å². The number of anilines is 9. The predicted molar refractivity (Wildman–Crippen MR) is 344 cm³/mol. The Kier molecular flexibility index (Phi) is 11.7. The Hall–Kier alpha value is -6.82. The topological polar surface area (TPSA) is 9.72 Å². The van der Waals surface area contributed by atoms with Crippen LogP contribution in [0.5, 0.6) is 0 Å². The van der Waals surface area contributed by atoms with E-state index in [0.29, 0.717) is 0 Å². The first-order valence-corrected chi connectivity index (χ1v) is 30.0. The fraction of sp³-hybridized carbons (Fsp3) is 0.324. The van der Waals surface area contributed by atoms with Crippen LogP contribution in [0.15, 0.2) is 170 Å². The molecule has 0 saturated heterocycles. The summed E-state index contributed by atoms with van der Waals surface area (Å²) in [5.41, 5.74) is 24.8. The molecule has 4 aliphatic rings. The summed E-state index contributed by atoms with van der Waals surface area (Å²) in [5.74, 6) is 0. The Morgan fingerprint density at radius 2 is 0.911 bits per heavy atom. The molecule has 1 aromatic heterocycles. The number of nitrogens with zero attached hydrogens (tertiary/aromatic N) is 3. The molecule has 398 valence electrons. The smallest absolute Gasteiger partial charge is 0.254 e. The maximum atomic E-state index is 2.73. The minimum atomic E-state index is -0.0598. The van der Waals surface area contributed by atoms with Crippen LogP contribution in [-0.4, -0.2) is 6.71 Å². The van der Waals surface area contributed by atoms with Crippen molar-refractivity contribution in [1.82, 2.24) is 0 Å². The number of para-hydroxylation sites is 2. The summed E-state index contributed by atoms with van der Waals surface area (Å²) < 4.78 is 1.37. The zero-order chi connectivity index (χ0) is 55.3. The Balaban J connectivity index is 1.23. The Morgan fingerprint density at radius 3 is 1.46 bits per heavy atom. The molecule has 3 nitrogen and oxygen atoms in total. The van der Waals surface area contributed by atoms with Gasteiger partial charge in [0.15, 0.2) is 0 Å². The van der Waals surface area contributed by atoms with Gasteiger partial charge in [0.2, 0.25) is 0 Å². The normalized spacial score (nSPS) is 17.4. The van der Waals surface area contributed by atoms with Gasteiger partial charge in [-0.3, -0.25) is 0 Å². The molecular formula is C74H78BN3S. The van der Waals surface area contributed by atoms with Crippen molar-refractivity contribution in [3.8, 4) is 11.1 Å². The van der Waals surface area contributed by atoms with Gasteiger partial charge in [-0.25, -0.2) is 0 Å². The lowest BCUT2D eigenvalue weighted by Gasteiger charge is -2.47. The molecule has 2 aliphatic carbocycles. The monoisotopic (exact) mass is 1050 g/mol. The molecular weight excluding hydrogens is 974 g/mol. The third kappa shape index (κ3) is 8.34. The van der Waals surface area contributed by atoms with E-state index in [1.165, 1.54) is 117 Å². The average molecular weight is 1050 g/mol. The van der Waals surface area contributed by atoms with Crippen LogP contribution in [0, 0.1) is 0 Å². The largest absolute Gasteiger partial charge is 0.311 e. The molecule has 0 N–H and O–H groups in total. The Bertz CT molecular complexity index is 3830.